The zero-order valence-electron chi connectivity index (χ0n) is 10.1. The molecule has 1 aromatic rings. The van der Waals surface area contributed by atoms with Gasteiger partial charge in [0.2, 0.25) is 10.0 Å². The Bertz CT molecular complexity index is 476. The van der Waals surface area contributed by atoms with Crippen LogP contribution in [0.5, 0.6) is 5.75 Å². The molecule has 4 nitrogen and oxygen atoms in total. The van der Waals surface area contributed by atoms with Gasteiger partial charge in [-0.25, -0.2) is 13.1 Å². The number of hydrogen-bond donors (Lipinski definition) is 1. The van der Waals surface area contributed by atoms with Crippen molar-refractivity contribution in [2.24, 2.45) is 0 Å². The van der Waals surface area contributed by atoms with Gasteiger partial charge >= 0.3 is 0 Å². The highest BCUT2D eigenvalue weighted by molar-refractivity contribution is 7.88. The van der Waals surface area contributed by atoms with E-state index in [9.17, 15) is 8.42 Å². The number of hydrogen-bond acceptors (Lipinski definition) is 3. The molecule has 0 radical (unpaired) electrons. The zero-order chi connectivity index (χ0) is 13.1. The molecule has 0 bridgehead atoms. The quantitative estimate of drug-likeness (QED) is 0.836. The largest absolute Gasteiger partial charge is 0.492 e. The van der Waals surface area contributed by atoms with Crippen molar-refractivity contribution in [1.29, 1.82) is 0 Å². The molecule has 0 spiro atoms. The summed E-state index contributed by atoms with van der Waals surface area (Å²) in [6, 6.07) is 3.66. The van der Waals surface area contributed by atoms with Gasteiger partial charge in [0.15, 0.2) is 0 Å². The molecule has 1 aromatic carbocycles. The van der Waals surface area contributed by atoms with E-state index in [4.69, 9.17) is 16.3 Å². The summed E-state index contributed by atoms with van der Waals surface area (Å²) in [5.41, 5.74) is 1.88. The van der Waals surface area contributed by atoms with Gasteiger partial charge in [-0.3, -0.25) is 0 Å². The summed E-state index contributed by atoms with van der Waals surface area (Å²) in [7, 11) is -3.15. The van der Waals surface area contributed by atoms with Gasteiger partial charge < -0.3 is 4.74 Å². The molecule has 0 fully saturated rings. The first-order chi connectivity index (χ1) is 7.79. The second kappa shape index (κ2) is 5.71. The molecule has 0 amide bonds. The number of halogens is 1. The van der Waals surface area contributed by atoms with Crippen LogP contribution < -0.4 is 9.46 Å². The van der Waals surface area contributed by atoms with E-state index in [1.54, 1.807) is 0 Å². The summed E-state index contributed by atoms with van der Waals surface area (Å²) >= 11 is 6.02. The van der Waals surface area contributed by atoms with E-state index in [0.29, 0.717) is 5.75 Å². The lowest BCUT2D eigenvalue weighted by molar-refractivity contribution is 0.322. The highest BCUT2D eigenvalue weighted by Crippen LogP contribution is 2.25. The van der Waals surface area contributed by atoms with Crippen molar-refractivity contribution in [2.45, 2.75) is 13.8 Å². The molecule has 0 saturated carbocycles. The number of benzene rings is 1. The SMILES string of the molecule is Cc1cc(OCCNS(C)(=O)=O)cc(C)c1Cl. The molecule has 0 saturated heterocycles. The monoisotopic (exact) mass is 277 g/mol. The molecule has 0 atom stereocenters. The minimum absolute atomic E-state index is 0.250. The fourth-order valence-corrected chi connectivity index (χ4v) is 1.95. The molecular weight excluding hydrogens is 262 g/mol. The van der Waals surface area contributed by atoms with Gasteiger partial charge in [0, 0.05) is 11.6 Å². The molecule has 6 heteroatoms. The topological polar surface area (TPSA) is 55.4 Å². The van der Waals surface area contributed by atoms with Crippen LogP contribution in [-0.4, -0.2) is 27.8 Å². The smallest absolute Gasteiger partial charge is 0.208 e. The minimum Gasteiger partial charge on any atom is -0.492 e. The van der Waals surface area contributed by atoms with Crippen LogP contribution in [0.2, 0.25) is 5.02 Å². The van der Waals surface area contributed by atoms with Gasteiger partial charge in [0.25, 0.3) is 0 Å². The Labute approximate surface area is 107 Å². The number of nitrogens with one attached hydrogen (secondary N) is 1. The van der Waals surface area contributed by atoms with Crippen LogP contribution in [0.15, 0.2) is 12.1 Å². The summed E-state index contributed by atoms with van der Waals surface area (Å²) in [6.45, 7) is 4.33. The van der Waals surface area contributed by atoms with Crippen LogP contribution >= 0.6 is 11.6 Å². The van der Waals surface area contributed by atoms with E-state index < -0.39 is 10.0 Å². The third-order valence-corrected chi connectivity index (χ3v) is 3.47. The van der Waals surface area contributed by atoms with Crippen molar-refractivity contribution in [3.05, 3.63) is 28.3 Å². The molecule has 0 aromatic heterocycles. The van der Waals surface area contributed by atoms with Crippen LogP contribution in [0.1, 0.15) is 11.1 Å². The van der Waals surface area contributed by atoms with Crippen molar-refractivity contribution in [3.8, 4) is 5.75 Å². The van der Waals surface area contributed by atoms with Gasteiger partial charge in [-0.1, -0.05) is 11.6 Å². The fourth-order valence-electron chi connectivity index (χ4n) is 1.39. The molecule has 1 rings (SSSR count). The maximum absolute atomic E-state index is 10.8. The zero-order valence-corrected chi connectivity index (χ0v) is 11.7. The van der Waals surface area contributed by atoms with Gasteiger partial charge in [-0.15, -0.1) is 0 Å². The lowest BCUT2D eigenvalue weighted by Gasteiger charge is -2.10. The van der Waals surface area contributed by atoms with Crippen LogP contribution in [0.3, 0.4) is 0 Å². The van der Waals surface area contributed by atoms with E-state index in [-0.39, 0.29) is 13.2 Å². The number of ether oxygens (including phenoxy) is 1. The number of rotatable bonds is 5. The van der Waals surface area contributed by atoms with Gasteiger partial charge in [-0.05, 0) is 37.1 Å². The molecule has 0 aliphatic rings. The third kappa shape index (κ3) is 4.93. The maximum Gasteiger partial charge on any atom is 0.208 e. The second-order valence-electron chi connectivity index (χ2n) is 3.89. The first-order valence-corrected chi connectivity index (χ1v) is 7.41. The summed E-state index contributed by atoms with van der Waals surface area (Å²) in [5, 5.41) is 0.728. The van der Waals surface area contributed by atoms with Crippen LogP contribution in [0.4, 0.5) is 0 Å². The van der Waals surface area contributed by atoms with E-state index in [1.807, 2.05) is 26.0 Å². The Balaban J connectivity index is 2.53. The lowest BCUT2D eigenvalue weighted by Crippen LogP contribution is -2.26. The Morgan fingerprint density at radius 2 is 1.82 bits per heavy atom. The predicted octanol–water partition coefficient (Wildman–Crippen LogP) is 1.88. The van der Waals surface area contributed by atoms with Crippen molar-refractivity contribution < 1.29 is 13.2 Å². The van der Waals surface area contributed by atoms with Crippen molar-refractivity contribution in [1.82, 2.24) is 4.72 Å². The summed E-state index contributed by atoms with van der Waals surface area (Å²) in [6.07, 6.45) is 1.11. The summed E-state index contributed by atoms with van der Waals surface area (Å²) < 4.78 is 29.4. The highest BCUT2D eigenvalue weighted by Gasteiger charge is 2.04. The molecule has 17 heavy (non-hydrogen) atoms. The fraction of sp³-hybridized carbons (Fsp3) is 0.455. The standard InChI is InChI=1S/C11H16ClNO3S/c1-8-6-10(7-9(2)11(8)12)16-5-4-13-17(3,14)15/h6-7,13H,4-5H2,1-3H3. The first-order valence-electron chi connectivity index (χ1n) is 5.14. The minimum atomic E-state index is -3.15. The van der Waals surface area contributed by atoms with Crippen LogP contribution in [0.25, 0.3) is 0 Å². The average molecular weight is 278 g/mol. The number of aryl methyl sites for hydroxylation is 2. The maximum atomic E-state index is 10.8. The van der Waals surface area contributed by atoms with Crippen LogP contribution in [0, 0.1) is 13.8 Å². The van der Waals surface area contributed by atoms with E-state index in [2.05, 4.69) is 4.72 Å². The second-order valence-corrected chi connectivity index (χ2v) is 6.10. The van der Waals surface area contributed by atoms with Crippen molar-refractivity contribution in [2.75, 3.05) is 19.4 Å². The van der Waals surface area contributed by atoms with Crippen molar-refractivity contribution in [3.63, 3.8) is 0 Å². The van der Waals surface area contributed by atoms with Gasteiger partial charge in [0.05, 0.1) is 6.26 Å². The molecule has 96 valence electrons. The summed E-state index contributed by atoms with van der Waals surface area (Å²) in [4.78, 5) is 0. The summed E-state index contributed by atoms with van der Waals surface area (Å²) in [5.74, 6) is 0.694. The Morgan fingerprint density at radius 3 is 2.29 bits per heavy atom. The molecule has 0 unspecified atom stereocenters. The molecular formula is C11H16ClNO3S. The molecule has 0 aliphatic heterocycles. The highest BCUT2D eigenvalue weighted by atomic mass is 35.5. The van der Waals surface area contributed by atoms with Gasteiger partial charge in [0.1, 0.15) is 12.4 Å². The molecule has 1 N–H and O–H groups in total. The Kier molecular flexibility index (Phi) is 4.80. The third-order valence-electron chi connectivity index (χ3n) is 2.15. The molecule has 0 aliphatic carbocycles. The number of sulfonamides is 1. The van der Waals surface area contributed by atoms with E-state index in [0.717, 1.165) is 22.4 Å². The lowest BCUT2D eigenvalue weighted by atomic mass is 10.1. The Hall–Kier alpha value is -0.780. The van der Waals surface area contributed by atoms with Gasteiger partial charge in [-0.2, -0.15) is 0 Å². The van der Waals surface area contributed by atoms with Crippen molar-refractivity contribution >= 4 is 21.6 Å². The normalized spacial score (nSPS) is 11.5. The van der Waals surface area contributed by atoms with E-state index in [1.165, 1.54) is 0 Å². The average Bonchev–Trinajstić information content (AvgIpc) is 2.19. The Morgan fingerprint density at radius 1 is 1.29 bits per heavy atom. The van der Waals surface area contributed by atoms with Crippen LogP contribution in [-0.2, 0) is 10.0 Å². The molecule has 0 heterocycles. The first kappa shape index (κ1) is 14.3. The predicted molar refractivity (Wildman–Crippen MR) is 69.3 cm³/mol. The van der Waals surface area contributed by atoms with E-state index >= 15 is 0 Å².